The minimum absolute atomic E-state index is 0.407. The summed E-state index contributed by atoms with van der Waals surface area (Å²) in [5.74, 6) is 0.527. The van der Waals surface area contributed by atoms with E-state index in [0.29, 0.717) is 39.6 Å². The summed E-state index contributed by atoms with van der Waals surface area (Å²) in [5, 5.41) is 7.45. The van der Waals surface area contributed by atoms with Gasteiger partial charge >= 0.3 is 0 Å². The zero-order chi connectivity index (χ0) is 22.4. The van der Waals surface area contributed by atoms with Crippen LogP contribution in [0.1, 0.15) is 0 Å². The van der Waals surface area contributed by atoms with Crippen molar-refractivity contribution in [2.45, 2.75) is 0 Å². The Bertz CT molecular complexity index is 1620. The number of hydrogen-bond acceptors (Lipinski definition) is 6. The van der Waals surface area contributed by atoms with Gasteiger partial charge in [-0.3, -0.25) is 15.1 Å². The highest BCUT2D eigenvalue weighted by Gasteiger charge is 2.18. The summed E-state index contributed by atoms with van der Waals surface area (Å²) in [6.07, 6.45) is 5.14. The number of nitrogens with one attached hydrogen (secondary N) is 2. The van der Waals surface area contributed by atoms with Gasteiger partial charge in [-0.1, -0.05) is 0 Å². The van der Waals surface area contributed by atoms with Crippen molar-refractivity contribution in [3.8, 4) is 39.8 Å². The van der Waals surface area contributed by atoms with Gasteiger partial charge in [0.05, 0.1) is 29.5 Å². The molecule has 5 aromatic heterocycles. The highest BCUT2D eigenvalue weighted by Crippen LogP contribution is 2.32. The smallest absolute Gasteiger partial charge is 0.161 e. The second kappa shape index (κ2) is 7.49. The molecule has 0 spiro atoms. The van der Waals surface area contributed by atoms with E-state index in [-0.39, 0.29) is 0 Å². The number of nitrogens with zero attached hydrogens (tertiary/aromatic N) is 5. The van der Waals surface area contributed by atoms with Crippen LogP contribution in [-0.2, 0) is 0 Å². The molecule has 0 aliphatic heterocycles. The molecule has 9 heteroatoms. The summed E-state index contributed by atoms with van der Waals surface area (Å²) < 4.78 is 19.3. The average Bonchev–Trinajstić information content (AvgIpc) is 3.47. The Morgan fingerprint density at radius 2 is 1.79 bits per heavy atom. The van der Waals surface area contributed by atoms with Crippen LogP contribution < -0.4 is 4.74 Å². The van der Waals surface area contributed by atoms with E-state index in [4.69, 9.17) is 14.7 Å². The number of halogens is 1. The lowest BCUT2D eigenvalue weighted by Gasteiger charge is -2.05. The SMILES string of the molecule is COc1cc(F)cc(-c2nccc3[nH]c(-c4n[nH]c5ccc(-c6cccnc6)nc45)nc23)c1. The first kappa shape index (κ1) is 19.1. The van der Waals surface area contributed by atoms with Crippen LogP contribution in [0.25, 0.3) is 56.1 Å². The second-order valence-electron chi connectivity index (χ2n) is 7.43. The number of aromatic amines is 2. The third kappa shape index (κ3) is 3.26. The van der Waals surface area contributed by atoms with Crippen molar-refractivity contribution in [3.05, 3.63) is 72.9 Å². The number of aromatic nitrogens is 7. The summed E-state index contributed by atoms with van der Waals surface area (Å²) in [6, 6.07) is 13.9. The van der Waals surface area contributed by atoms with Crippen LogP contribution in [0.4, 0.5) is 4.39 Å². The van der Waals surface area contributed by atoms with Crippen molar-refractivity contribution in [3.63, 3.8) is 0 Å². The second-order valence-corrected chi connectivity index (χ2v) is 7.43. The normalized spacial score (nSPS) is 11.3. The Labute approximate surface area is 186 Å². The molecule has 33 heavy (non-hydrogen) atoms. The lowest BCUT2D eigenvalue weighted by Crippen LogP contribution is -1.90. The minimum Gasteiger partial charge on any atom is -0.497 e. The summed E-state index contributed by atoms with van der Waals surface area (Å²) in [7, 11) is 1.49. The zero-order valence-corrected chi connectivity index (χ0v) is 17.4. The van der Waals surface area contributed by atoms with Crippen LogP contribution in [0.2, 0.25) is 0 Å². The van der Waals surface area contributed by atoms with E-state index in [1.165, 1.54) is 19.2 Å². The van der Waals surface area contributed by atoms with Crippen LogP contribution in [0.15, 0.2) is 67.1 Å². The monoisotopic (exact) mass is 437 g/mol. The van der Waals surface area contributed by atoms with E-state index in [2.05, 4.69) is 25.1 Å². The van der Waals surface area contributed by atoms with Gasteiger partial charge in [0.2, 0.25) is 0 Å². The van der Waals surface area contributed by atoms with Crippen molar-refractivity contribution in [1.29, 1.82) is 0 Å². The maximum Gasteiger partial charge on any atom is 0.161 e. The highest BCUT2D eigenvalue weighted by atomic mass is 19.1. The Kier molecular flexibility index (Phi) is 4.32. The van der Waals surface area contributed by atoms with E-state index in [9.17, 15) is 4.39 Å². The lowest BCUT2D eigenvalue weighted by molar-refractivity contribution is 0.411. The van der Waals surface area contributed by atoms with Crippen LogP contribution >= 0.6 is 0 Å². The third-order valence-electron chi connectivity index (χ3n) is 5.37. The molecule has 8 nitrogen and oxygen atoms in total. The molecule has 0 bridgehead atoms. The third-order valence-corrected chi connectivity index (χ3v) is 5.37. The molecule has 1 aromatic carbocycles. The molecular weight excluding hydrogens is 421 g/mol. The van der Waals surface area contributed by atoms with Gasteiger partial charge in [-0.2, -0.15) is 5.10 Å². The minimum atomic E-state index is -0.413. The van der Waals surface area contributed by atoms with Crippen molar-refractivity contribution < 1.29 is 9.13 Å². The largest absolute Gasteiger partial charge is 0.497 e. The van der Waals surface area contributed by atoms with E-state index in [1.54, 1.807) is 24.7 Å². The molecule has 6 rings (SSSR count). The molecule has 2 N–H and O–H groups in total. The predicted molar refractivity (Wildman–Crippen MR) is 122 cm³/mol. The van der Waals surface area contributed by atoms with Gasteiger partial charge in [0, 0.05) is 35.8 Å². The zero-order valence-electron chi connectivity index (χ0n) is 17.4. The van der Waals surface area contributed by atoms with Crippen LogP contribution in [-0.4, -0.2) is 42.2 Å². The maximum atomic E-state index is 14.1. The first-order valence-electron chi connectivity index (χ1n) is 10.1. The molecule has 0 amide bonds. The molecule has 5 heterocycles. The van der Waals surface area contributed by atoms with Crippen molar-refractivity contribution >= 4 is 22.1 Å². The first-order chi connectivity index (χ1) is 16.2. The highest BCUT2D eigenvalue weighted by molar-refractivity contribution is 5.95. The molecule has 0 aliphatic rings. The lowest BCUT2D eigenvalue weighted by atomic mass is 10.1. The number of benzene rings is 1. The van der Waals surface area contributed by atoms with E-state index in [0.717, 1.165) is 22.3 Å². The summed E-state index contributed by atoms with van der Waals surface area (Å²) >= 11 is 0. The van der Waals surface area contributed by atoms with E-state index >= 15 is 0 Å². The van der Waals surface area contributed by atoms with Gasteiger partial charge < -0.3 is 9.72 Å². The van der Waals surface area contributed by atoms with Crippen molar-refractivity contribution in [2.75, 3.05) is 7.11 Å². The van der Waals surface area contributed by atoms with Gasteiger partial charge in [0.25, 0.3) is 0 Å². The number of methoxy groups -OCH3 is 1. The van der Waals surface area contributed by atoms with Crippen LogP contribution in [0, 0.1) is 5.82 Å². The molecule has 0 saturated heterocycles. The van der Waals surface area contributed by atoms with Gasteiger partial charge in [-0.25, -0.2) is 14.4 Å². The topological polar surface area (TPSA) is 105 Å². The first-order valence-corrected chi connectivity index (χ1v) is 10.1. The standard InChI is InChI=1S/C24H16FN7O/c1-33-16-10-14(9-15(25)11-16)20-21-18(6-8-27-20)29-24(30-21)23-22-19(31-32-23)5-4-17(28-22)13-3-2-7-26-12-13/h2-12H,1H3,(H,29,30)(H,31,32). The molecule has 6 aromatic rings. The molecule has 0 atom stereocenters. The quantitative estimate of drug-likeness (QED) is 0.411. The molecular formula is C24H16FN7O. The number of H-pyrrole nitrogens is 2. The molecule has 0 fully saturated rings. The number of fused-ring (bicyclic) bond motifs is 2. The summed E-state index contributed by atoms with van der Waals surface area (Å²) in [4.78, 5) is 21.5. The van der Waals surface area contributed by atoms with E-state index < -0.39 is 5.82 Å². The maximum absolute atomic E-state index is 14.1. The Morgan fingerprint density at radius 1 is 0.879 bits per heavy atom. The van der Waals surface area contributed by atoms with E-state index in [1.807, 2.05) is 30.3 Å². The fourth-order valence-electron chi connectivity index (χ4n) is 3.82. The number of imidazole rings is 1. The predicted octanol–water partition coefficient (Wildman–Crippen LogP) is 4.77. The molecule has 160 valence electrons. The fraction of sp³-hybridized carbons (Fsp3) is 0.0417. The fourth-order valence-corrected chi connectivity index (χ4v) is 3.82. The number of pyridine rings is 3. The van der Waals surface area contributed by atoms with Crippen molar-refractivity contribution in [1.82, 2.24) is 35.1 Å². The van der Waals surface area contributed by atoms with Gasteiger partial charge in [-0.05, 0) is 42.5 Å². The Morgan fingerprint density at radius 3 is 2.64 bits per heavy atom. The van der Waals surface area contributed by atoms with Gasteiger partial charge in [0.15, 0.2) is 11.5 Å². The van der Waals surface area contributed by atoms with Gasteiger partial charge in [-0.15, -0.1) is 0 Å². The Hall–Kier alpha value is -4.66. The van der Waals surface area contributed by atoms with Crippen LogP contribution in [0.5, 0.6) is 5.75 Å². The number of rotatable bonds is 4. The van der Waals surface area contributed by atoms with Crippen molar-refractivity contribution in [2.24, 2.45) is 0 Å². The molecule has 0 aliphatic carbocycles. The van der Waals surface area contributed by atoms with Gasteiger partial charge in [0.1, 0.15) is 22.6 Å². The number of hydrogen-bond donors (Lipinski definition) is 2. The molecule has 0 saturated carbocycles. The summed E-state index contributed by atoms with van der Waals surface area (Å²) in [5.41, 5.74) is 6.18. The Balaban J connectivity index is 1.50. The summed E-state index contributed by atoms with van der Waals surface area (Å²) in [6.45, 7) is 0. The number of ether oxygens (including phenoxy) is 1. The average molecular weight is 437 g/mol. The molecule has 0 unspecified atom stereocenters. The van der Waals surface area contributed by atoms with Crippen LogP contribution in [0.3, 0.4) is 0 Å². The molecule has 0 radical (unpaired) electrons.